The number of amides is 2. The number of carbonyl (C=O) groups excluding carboxylic acids is 2. The highest BCUT2D eigenvalue weighted by Crippen LogP contribution is 2.33. The summed E-state index contributed by atoms with van der Waals surface area (Å²) in [5.74, 6) is 0.354. The van der Waals surface area contributed by atoms with Crippen LogP contribution in [0.4, 0.5) is 0 Å². The minimum Gasteiger partial charge on any atom is -0.352 e. The van der Waals surface area contributed by atoms with E-state index in [9.17, 15) is 9.59 Å². The molecule has 7 nitrogen and oxygen atoms in total. The molecule has 1 heterocycles. The van der Waals surface area contributed by atoms with E-state index >= 15 is 0 Å². The summed E-state index contributed by atoms with van der Waals surface area (Å²) < 4.78 is 1.85. The van der Waals surface area contributed by atoms with E-state index in [-0.39, 0.29) is 30.2 Å². The summed E-state index contributed by atoms with van der Waals surface area (Å²) >= 11 is 13.7. The van der Waals surface area contributed by atoms with Crippen molar-refractivity contribution in [2.75, 3.05) is 19.3 Å². The SMILES string of the molecule is CN(CC(=O)NC1CC1)C(=O)CSc1nnc(-c2ccc(Cl)cc2Cl)n1-c1ccccc1. The van der Waals surface area contributed by atoms with E-state index in [2.05, 4.69) is 15.5 Å². The van der Waals surface area contributed by atoms with Crippen LogP contribution in [0.1, 0.15) is 12.8 Å². The first kappa shape index (κ1) is 22.6. The van der Waals surface area contributed by atoms with E-state index in [1.807, 2.05) is 34.9 Å². The largest absolute Gasteiger partial charge is 0.352 e. The highest BCUT2D eigenvalue weighted by atomic mass is 35.5. The van der Waals surface area contributed by atoms with Crippen LogP contribution in [-0.2, 0) is 9.59 Å². The molecule has 166 valence electrons. The molecule has 0 aliphatic heterocycles. The molecule has 0 radical (unpaired) electrons. The van der Waals surface area contributed by atoms with Crippen molar-refractivity contribution >= 4 is 46.8 Å². The lowest BCUT2D eigenvalue weighted by Gasteiger charge is -2.16. The maximum atomic E-state index is 12.6. The number of hydrogen-bond donors (Lipinski definition) is 1. The number of rotatable bonds is 8. The fourth-order valence-corrected chi connectivity index (χ4v) is 4.45. The molecule has 1 N–H and O–H groups in total. The minimum atomic E-state index is -0.172. The maximum absolute atomic E-state index is 12.6. The number of thioether (sulfide) groups is 1. The molecule has 1 fully saturated rings. The summed E-state index contributed by atoms with van der Waals surface area (Å²) in [4.78, 5) is 26.0. The van der Waals surface area contributed by atoms with Crippen LogP contribution in [0.25, 0.3) is 17.1 Å². The quantitative estimate of drug-likeness (QED) is 0.482. The van der Waals surface area contributed by atoms with Gasteiger partial charge >= 0.3 is 0 Å². The number of hydrogen-bond acceptors (Lipinski definition) is 5. The Morgan fingerprint density at radius 3 is 2.59 bits per heavy atom. The fraction of sp³-hybridized carbons (Fsp3) is 0.273. The van der Waals surface area contributed by atoms with Crippen LogP contribution in [0.2, 0.25) is 10.0 Å². The number of para-hydroxylation sites is 1. The Morgan fingerprint density at radius 1 is 1.16 bits per heavy atom. The third-order valence-electron chi connectivity index (χ3n) is 4.89. The molecular formula is C22H21Cl2N5O2S. The van der Waals surface area contributed by atoms with Crippen LogP contribution < -0.4 is 5.32 Å². The molecule has 1 saturated carbocycles. The normalized spacial score (nSPS) is 13.1. The smallest absolute Gasteiger partial charge is 0.239 e. The zero-order chi connectivity index (χ0) is 22.7. The average Bonchev–Trinajstić information content (AvgIpc) is 3.48. The van der Waals surface area contributed by atoms with Crippen molar-refractivity contribution in [3.8, 4) is 17.1 Å². The van der Waals surface area contributed by atoms with E-state index in [0.717, 1.165) is 18.5 Å². The molecule has 2 aromatic carbocycles. The van der Waals surface area contributed by atoms with Crippen LogP contribution >= 0.6 is 35.0 Å². The Bertz CT molecular complexity index is 1130. The zero-order valence-electron chi connectivity index (χ0n) is 17.3. The second-order valence-corrected chi connectivity index (χ2v) is 9.27. The van der Waals surface area contributed by atoms with Crippen molar-refractivity contribution < 1.29 is 9.59 Å². The first-order valence-corrected chi connectivity index (χ1v) is 11.8. The maximum Gasteiger partial charge on any atom is 0.239 e. The van der Waals surface area contributed by atoms with Gasteiger partial charge in [0.15, 0.2) is 11.0 Å². The lowest BCUT2D eigenvalue weighted by molar-refractivity contribution is -0.132. The monoisotopic (exact) mass is 489 g/mol. The van der Waals surface area contributed by atoms with Gasteiger partial charge in [-0.25, -0.2) is 0 Å². The summed E-state index contributed by atoms with van der Waals surface area (Å²) in [6.07, 6.45) is 2.02. The molecule has 1 aliphatic rings. The first-order chi connectivity index (χ1) is 15.4. The third kappa shape index (κ3) is 5.43. The molecule has 0 atom stereocenters. The van der Waals surface area contributed by atoms with Crippen molar-refractivity contribution in [2.24, 2.45) is 0 Å². The van der Waals surface area contributed by atoms with E-state index in [4.69, 9.17) is 23.2 Å². The topological polar surface area (TPSA) is 80.1 Å². The Balaban J connectivity index is 1.54. The third-order valence-corrected chi connectivity index (χ3v) is 6.36. The van der Waals surface area contributed by atoms with Gasteiger partial charge in [-0.05, 0) is 43.2 Å². The molecule has 0 spiro atoms. The van der Waals surface area contributed by atoms with E-state index < -0.39 is 0 Å². The summed E-state index contributed by atoms with van der Waals surface area (Å²) in [7, 11) is 1.62. The van der Waals surface area contributed by atoms with E-state index in [1.165, 1.54) is 16.7 Å². The Morgan fingerprint density at radius 2 is 1.91 bits per heavy atom. The number of carbonyl (C=O) groups is 2. The summed E-state index contributed by atoms with van der Waals surface area (Å²) in [6, 6.07) is 15.0. The molecule has 4 rings (SSSR count). The highest BCUT2D eigenvalue weighted by Gasteiger charge is 2.25. The number of nitrogens with one attached hydrogen (secondary N) is 1. The molecule has 0 bridgehead atoms. The molecule has 10 heteroatoms. The highest BCUT2D eigenvalue weighted by molar-refractivity contribution is 7.99. The van der Waals surface area contributed by atoms with Gasteiger partial charge in [-0.3, -0.25) is 14.2 Å². The molecule has 1 aliphatic carbocycles. The second-order valence-electron chi connectivity index (χ2n) is 7.48. The van der Waals surface area contributed by atoms with Crippen LogP contribution in [0.3, 0.4) is 0 Å². The van der Waals surface area contributed by atoms with Gasteiger partial charge in [0, 0.05) is 29.4 Å². The molecule has 32 heavy (non-hydrogen) atoms. The molecule has 2 amide bonds. The molecule has 0 saturated heterocycles. The fourth-order valence-electron chi connectivity index (χ4n) is 3.06. The van der Waals surface area contributed by atoms with Gasteiger partial charge in [0.25, 0.3) is 0 Å². The minimum absolute atomic E-state index is 0.0346. The molecule has 0 unspecified atom stereocenters. The van der Waals surface area contributed by atoms with Crippen LogP contribution in [0.5, 0.6) is 0 Å². The van der Waals surface area contributed by atoms with Crippen LogP contribution in [0, 0.1) is 0 Å². The van der Waals surface area contributed by atoms with Gasteiger partial charge < -0.3 is 10.2 Å². The van der Waals surface area contributed by atoms with Gasteiger partial charge in [-0.1, -0.05) is 53.2 Å². The van der Waals surface area contributed by atoms with Gasteiger partial charge in [-0.2, -0.15) is 0 Å². The van der Waals surface area contributed by atoms with Gasteiger partial charge in [0.2, 0.25) is 11.8 Å². The lowest BCUT2D eigenvalue weighted by atomic mass is 10.2. The first-order valence-electron chi connectivity index (χ1n) is 10.0. The molecule has 3 aromatic rings. The summed E-state index contributed by atoms with van der Waals surface area (Å²) in [5, 5.41) is 13.1. The molecule has 1 aromatic heterocycles. The standard InChI is InChI=1S/C22H21Cl2N5O2S/c1-28(12-19(30)25-15-8-9-15)20(31)13-32-22-27-26-21(17-10-7-14(23)11-18(17)24)29(22)16-5-3-2-4-6-16/h2-7,10-11,15H,8-9,12-13H2,1H3,(H,25,30). The second kappa shape index (κ2) is 9.94. The van der Waals surface area contributed by atoms with E-state index in [1.54, 1.807) is 25.2 Å². The predicted molar refractivity (Wildman–Crippen MR) is 126 cm³/mol. The number of benzene rings is 2. The van der Waals surface area contributed by atoms with Gasteiger partial charge in [-0.15, -0.1) is 10.2 Å². The van der Waals surface area contributed by atoms with Crippen molar-refractivity contribution in [1.29, 1.82) is 0 Å². The average molecular weight is 490 g/mol. The number of nitrogens with zero attached hydrogens (tertiary/aromatic N) is 4. The van der Waals surface area contributed by atoms with E-state index in [0.29, 0.717) is 26.6 Å². The summed E-state index contributed by atoms with van der Waals surface area (Å²) in [6.45, 7) is 0.0346. The van der Waals surface area contributed by atoms with Gasteiger partial charge in [0.1, 0.15) is 0 Å². The van der Waals surface area contributed by atoms with Gasteiger partial charge in [0.05, 0.1) is 17.3 Å². The Hall–Kier alpha value is -2.55. The summed E-state index contributed by atoms with van der Waals surface area (Å²) in [5.41, 5.74) is 1.52. The van der Waals surface area contributed by atoms with Crippen molar-refractivity contribution in [1.82, 2.24) is 25.0 Å². The van der Waals surface area contributed by atoms with Crippen LogP contribution in [0.15, 0.2) is 53.7 Å². The number of likely N-dealkylation sites (N-methyl/N-ethyl adjacent to an activating group) is 1. The Kier molecular flexibility index (Phi) is 7.03. The number of aromatic nitrogens is 3. The number of halogens is 2. The lowest BCUT2D eigenvalue weighted by Crippen LogP contribution is -2.39. The Labute approximate surface area is 200 Å². The zero-order valence-corrected chi connectivity index (χ0v) is 19.6. The molecular weight excluding hydrogens is 469 g/mol. The van der Waals surface area contributed by atoms with Crippen molar-refractivity contribution in [3.05, 3.63) is 58.6 Å². The van der Waals surface area contributed by atoms with Crippen LogP contribution in [-0.4, -0.2) is 56.9 Å². The van der Waals surface area contributed by atoms with Crippen molar-refractivity contribution in [2.45, 2.75) is 24.0 Å². The predicted octanol–water partition coefficient (Wildman–Crippen LogP) is 4.07. The van der Waals surface area contributed by atoms with Crippen molar-refractivity contribution in [3.63, 3.8) is 0 Å².